The molecule has 2 aromatic carbocycles. The van der Waals surface area contributed by atoms with Gasteiger partial charge in [0.1, 0.15) is 18.2 Å². The number of rotatable bonds is 7. The van der Waals surface area contributed by atoms with Crippen molar-refractivity contribution in [2.24, 2.45) is 5.73 Å². The number of esters is 1. The largest absolute Gasteiger partial charge is 0.492 e. The maximum atomic E-state index is 11.3. The molecular weight excluding hydrogens is 342 g/mol. The molecule has 0 radical (unpaired) electrons. The average molecular weight is 367 g/mol. The molecule has 0 aliphatic carbocycles. The number of hydrogen-bond donors (Lipinski definition) is 3. The molecule has 142 valence electrons. The van der Waals surface area contributed by atoms with E-state index in [4.69, 9.17) is 20.6 Å². The molecule has 1 saturated heterocycles. The van der Waals surface area contributed by atoms with Gasteiger partial charge in [-0.25, -0.2) is 0 Å². The van der Waals surface area contributed by atoms with Crippen LogP contribution < -0.4 is 15.8 Å². The van der Waals surface area contributed by atoms with Crippen LogP contribution in [-0.2, 0) is 9.53 Å². The van der Waals surface area contributed by atoms with E-state index in [-0.39, 0.29) is 23.9 Å². The number of nitrogen functional groups attached to an aromatic ring is 1. The van der Waals surface area contributed by atoms with Crippen molar-refractivity contribution in [1.29, 1.82) is 5.41 Å². The smallest absolute Gasteiger partial charge is 0.307 e. The Hall–Kier alpha value is -2.86. The minimum Gasteiger partial charge on any atom is -0.492 e. The van der Waals surface area contributed by atoms with E-state index in [2.05, 4.69) is 5.32 Å². The number of methoxy groups -OCH3 is 1. The first-order valence-electron chi connectivity index (χ1n) is 9.05. The number of amidine groups is 1. The molecule has 1 aliphatic rings. The average Bonchev–Trinajstić information content (AvgIpc) is 3.14. The first kappa shape index (κ1) is 18.9. The molecule has 1 heterocycles. The first-order chi connectivity index (χ1) is 13.0. The molecule has 2 atom stereocenters. The molecule has 2 aromatic rings. The van der Waals surface area contributed by atoms with Crippen molar-refractivity contribution in [3.63, 3.8) is 0 Å². The van der Waals surface area contributed by atoms with Gasteiger partial charge in [-0.15, -0.1) is 0 Å². The zero-order valence-corrected chi connectivity index (χ0v) is 15.4. The molecule has 0 saturated carbocycles. The fourth-order valence-electron chi connectivity index (χ4n) is 3.26. The van der Waals surface area contributed by atoms with Crippen LogP contribution in [0.15, 0.2) is 48.5 Å². The summed E-state index contributed by atoms with van der Waals surface area (Å²) in [7, 11) is 1.42. The van der Waals surface area contributed by atoms with Crippen molar-refractivity contribution in [2.45, 2.75) is 31.3 Å². The predicted molar refractivity (Wildman–Crippen MR) is 105 cm³/mol. The highest BCUT2D eigenvalue weighted by molar-refractivity contribution is 5.95. The lowest BCUT2D eigenvalue weighted by atomic mass is 10.0. The van der Waals surface area contributed by atoms with Crippen LogP contribution in [-0.4, -0.2) is 37.6 Å². The van der Waals surface area contributed by atoms with Gasteiger partial charge >= 0.3 is 5.97 Å². The van der Waals surface area contributed by atoms with Crippen molar-refractivity contribution in [1.82, 2.24) is 5.32 Å². The lowest BCUT2D eigenvalue weighted by Crippen LogP contribution is -2.35. The molecule has 1 fully saturated rings. The summed E-state index contributed by atoms with van der Waals surface area (Å²) in [5.41, 5.74) is 8.34. The lowest BCUT2D eigenvalue weighted by Gasteiger charge is -2.15. The summed E-state index contributed by atoms with van der Waals surface area (Å²) in [6, 6.07) is 16.0. The van der Waals surface area contributed by atoms with Gasteiger partial charge in [-0.3, -0.25) is 10.2 Å². The minimum atomic E-state index is -0.180. The first-order valence-corrected chi connectivity index (χ1v) is 9.05. The van der Waals surface area contributed by atoms with Crippen LogP contribution in [0.5, 0.6) is 5.75 Å². The molecule has 0 bridgehead atoms. The van der Waals surface area contributed by atoms with Crippen molar-refractivity contribution in [3.05, 3.63) is 54.1 Å². The molecule has 4 N–H and O–H groups in total. The summed E-state index contributed by atoms with van der Waals surface area (Å²) in [5.74, 6) is 0.706. The van der Waals surface area contributed by atoms with Crippen LogP contribution in [0.25, 0.3) is 11.1 Å². The van der Waals surface area contributed by atoms with Gasteiger partial charge in [-0.05, 0) is 36.1 Å². The van der Waals surface area contributed by atoms with E-state index in [1.165, 1.54) is 7.11 Å². The van der Waals surface area contributed by atoms with Crippen molar-refractivity contribution >= 4 is 11.8 Å². The highest BCUT2D eigenvalue weighted by Crippen LogP contribution is 2.23. The molecule has 1 aliphatic heterocycles. The predicted octanol–water partition coefficient (Wildman–Crippen LogP) is 2.70. The molecule has 0 aromatic heterocycles. The number of ether oxygens (including phenoxy) is 2. The molecule has 2 unspecified atom stereocenters. The maximum Gasteiger partial charge on any atom is 0.307 e. The van der Waals surface area contributed by atoms with E-state index in [0.717, 1.165) is 29.7 Å². The third-order valence-electron chi connectivity index (χ3n) is 4.81. The topological polar surface area (TPSA) is 97.4 Å². The molecule has 0 amide bonds. The highest BCUT2D eigenvalue weighted by Gasteiger charge is 2.26. The quantitative estimate of drug-likeness (QED) is 0.397. The van der Waals surface area contributed by atoms with Gasteiger partial charge in [0.15, 0.2) is 0 Å². The van der Waals surface area contributed by atoms with E-state index in [9.17, 15) is 4.79 Å². The number of benzene rings is 2. The molecule has 27 heavy (non-hydrogen) atoms. The second-order valence-electron chi connectivity index (χ2n) is 6.74. The maximum absolute atomic E-state index is 11.3. The Bertz CT molecular complexity index is 787. The van der Waals surface area contributed by atoms with Gasteiger partial charge in [0.05, 0.1) is 13.5 Å². The van der Waals surface area contributed by atoms with E-state index < -0.39 is 0 Å². The van der Waals surface area contributed by atoms with Gasteiger partial charge in [-0.2, -0.15) is 0 Å². The van der Waals surface area contributed by atoms with Gasteiger partial charge in [0.2, 0.25) is 0 Å². The normalized spacial score (nSPS) is 18.9. The third-order valence-corrected chi connectivity index (χ3v) is 4.81. The van der Waals surface area contributed by atoms with E-state index >= 15 is 0 Å². The Balaban J connectivity index is 1.51. The van der Waals surface area contributed by atoms with Crippen LogP contribution in [0.4, 0.5) is 0 Å². The van der Waals surface area contributed by atoms with Gasteiger partial charge in [0, 0.05) is 17.6 Å². The van der Waals surface area contributed by atoms with Crippen LogP contribution in [0.2, 0.25) is 0 Å². The molecule has 6 nitrogen and oxygen atoms in total. The Kier molecular flexibility index (Phi) is 6.08. The number of carbonyl (C=O) groups excluding carboxylic acids is 1. The fourth-order valence-corrected chi connectivity index (χ4v) is 3.26. The van der Waals surface area contributed by atoms with E-state index in [1.54, 1.807) is 0 Å². The van der Waals surface area contributed by atoms with Crippen molar-refractivity contribution in [2.75, 3.05) is 13.7 Å². The van der Waals surface area contributed by atoms with E-state index in [1.807, 2.05) is 48.5 Å². The van der Waals surface area contributed by atoms with Crippen LogP contribution in [0, 0.1) is 5.41 Å². The second kappa shape index (κ2) is 8.68. The van der Waals surface area contributed by atoms with Gasteiger partial charge in [0.25, 0.3) is 0 Å². The molecule has 0 spiro atoms. The number of carbonyl (C=O) groups is 1. The van der Waals surface area contributed by atoms with Crippen LogP contribution in [0.3, 0.4) is 0 Å². The lowest BCUT2D eigenvalue weighted by molar-refractivity contribution is -0.141. The summed E-state index contributed by atoms with van der Waals surface area (Å²) in [5, 5.41) is 10.9. The third kappa shape index (κ3) is 5.08. The zero-order chi connectivity index (χ0) is 19.2. The van der Waals surface area contributed by atoms with Gasteiger partial charge < -0.3 is 20.5 Å². The SMILES string of the molecule is COC(=O)CC1CCC(COc2ccc(-c3ccc(C(=N)N)cc3)cc2)N1. The number of hydrogen-bond acceptors (Lipinski definition) is 5. The Labute approximate surface area is 159 Å². The second-order valence-corrected chi connectivity index (χ2v) is 6.74. The summed E-state index contributed by atoms with van der Waals surface area (Å²) >= 11 is 0. The Morgan fingerprint density at radius 3 is 2.26 bits per heavy atom. The summed E-state index contributed by atoms with van der Waals surface area (Å²) in [6.07, 6.45) is 2.35. The fraction of sp³-hybridized carbons (Fsp3) is 0.333. The summed E-state index contributed by atoms with van der Waals surface area (Å²) in [4.78, 5) is 11.3. The van der Waals surface area contributed by atoms with Crippen LogP contribution in [0.1, 0.15) is 24.8 Å². The summed E-state index contributed by atoms with van der Waals surface area (Å²) < 4.78 is 10.6. The summed E-state index contributed by atoms with van der Waals surface area (Å²) in [6.45, 7) is 0.574. The van der Waals surface area contributed by atoms with Crippen molar-refractivity contribution < 1.29 is 14.3 Å². The molecule has 6 heteroatoms. The minimum absolute atomic E-state index is 0.0691. The van der Waals surface area contributed by atoms with Gasteiger partial charge in [-0.1, -0.05) is 36.4 Å². The Morgan fingerprint density at radius 1 is 1.07 bits per heavy atom. The number of nitrogens with two attached hydrogens (primary N) is 1. The standard InChI is InChI=1S/C21H25N3O3/c1-26-20(25)12-17-8-9-18(24-17)13-27-19-10-6-15(7-11-19)14-2-4-16(5-3-14)21(22)23/h2-7,10-11,17-18,24H,8-9,12-13H2,1H3,(H3,22,23). The zero-order valence-electron chi connectivity index (χ0n) is 15.4. The van der Waals surface area contributed by atoms with Crippen molar-refractivity contribution in [3.8, 4) is 16.9 Å². The molecular formula is C21H25N3O3. The monoisotopic (exact) mass is 367 g/mol. The molecule has 3 rings (SSSR count). The number of nitrogens with one attached hydrogen (secondary N) is 2. The van der Waals surface area contributed by atoms with Crippen LogP contribution >= 0.6 is 0 Å². The Morgan fingerprint density at radius 2 is 1.67 bits per heavy atom. The van der Waals surface area contributed by atoms with E-state index in [0.29, 0.717) is 18.6 Å². The highest BCUT2D eigenvalue weighted by atomic mass is 16.5.